The molecule has 1 aliphatic rings. The maximum absolute atomic E-state index is 13.1. The summed E-state index contributed by atoms with van der Waals surface area (Å²) < 4.78 is 25.9. The molecule has 1 saturated heterocycles. The molecule has 0 aliphatic carbocycles. The summed E-state index contributed by atoms with van der Waals surface area (Å²) in [4.78, 5) is 12.3. The molecule has 0 bridgehead atoms. The van der Waals surface area contributed by atoms with Crippen LogP contribution in [0.2, 0.25) is 0 Å². The maximum Gasteiger partial charge on any atom is 0.231 e. The van der Waals surface area contributed by atoms with Crippen LogP contribution >= 0.6 is 0 Å². The molecule has 1 aliphatic heterocycles. The second kappa shape index (κ2) is 5.65. The van der Waals surface area contributed by atoms with Crippen molar-refractivity contribution in [2.45, 2.75) is 26.2 Å². The van der Waals surface area contributed by atoms with Crippen molar-refractivity contribution in [3.8, 4) is 0 Å². The zero-order valence-electron chi connectivity index (χ0n) is 10.9. The molecule has 0 saturated carbocycles. The molecule has 1 heterocycles. The highest BCUT2D eigenvalue weighted by Crippen LogP contribution is 2.31. The second-order valence-corrected chi connectivity index (χ2v) is 5.00. The van der Waals surface area contributed by atoms with E-state index in [1.165, 1.54) is 6.07 Å². The smallest absolute Gasteiger partial charge is 0.231 e. The molecule has 5 heteroatoms. The summed E-state index contributed by atoms with van der Waals surface area (Å²) in [6, 6.07) is 3.39. The van der Waals surface area contributed by atoms with E-state index in [1.54, 1.807) is 0 Å². The lowest BCUT2D eigenvalue weighted by molar-refractivity contribution is -0.126. The summed E-state index contributed by atoms with van der Waals surface area (Å²) in [5.74, 6) is -2.00. The number of piperidine rings is 1. The van der Waals surface area contributed by atoms with Crippen molar-refractivity contribution in [1.82, 2.24) is 5.32 Å². The van der Waals surface area contributed by atoms with Crippen LogP contribution in [0.3, 0.4) is 0 Å². The standard InChI is InChI=1S/C14H18F2N2O/c1-2-14(6-3-7-17-9-14)13(19)18-10-4-5-11(15)12(16)8-10/h4-5,8,17H,2-3,6-7,9H2,1H3,(H,18,19). The minimum atomic E-state index is -0.954. The Hall–Kier alpha value is -1.49. The zero-order valence-corrected chi connectivity index (χ0v) is 10.9. The van der Waals surface area contributed by atoms with Gasteiger partial charge in [-0.1, -0.05) is 6.92 Å². The van der Waals surface area contributed by atoms with Crippen LogP contribution in [0, 0.1) is 17.0 Å². The van der Waals surface area contributed by atoms with Crippen molar-refractivity contribution in [2.75, 3.05) is 18.4 Å². The Bertz CT molecular complexity index is 471. The number of hydrogen-bond acceptors (Lipinski definition) is 2. The van der Waals surface area contributed by atoms with Crippen molar-refractivity contribution in [2.24, 2.45) is 5.41 Å². The summed E-state index contributed by atoms with van der Waals surface area (Å²) >= 11 is 0. The van der Waals surface area contributed by atoms with Crippen LogP contribution in [0.15, 0.2) is 18.2 Å². The molecular formula is C14H18F2N2O. The van der Waals surface area contributed by atoms with E-state index in [-0.39, 0.29) is 5.91 Å². The lowest BCUT2D eigenvalue weighted by atomic mass is 9.77. The van der Waals surface area contributed by atoms with Crippen molar-refractivity contribution < 1.29 is 13.6 Å². The lowest BCUT2D eigenvalue weighted by Crippen LogP contribution is -2.47. The average molecular weight is 268 g/mol. The van der Waals surface area contributed by atoms with Crippen molar-refractivity contribution >= 4 is 11.6 Å². The Morgan fingerprint density at radius 1 is 1.42 bits per heavy atom. The fraction of sp³-hybridized carbons (Fsp3) is 0.500. The van der Waals surface area contributed by atoms with Gasteiger partial charge in [0.1, 0.15) is 0 Å². The van der Waals surface area contributed by atoms with Gasteiger partial charge in [0.15, 0.2) is 11.6 Å². The highest BCUT2D eigenvalue weighted by molar-refractivity contribution is 5.95. The SMILES string of the molecule is CCC1(C(=O)Nc2ccc(F)c(F)c2)CCCNC1. The van der Waals surface area contributed by atoms with E-state index in [9.17, 15) is 13.6 Å². The van der Waals surface area contributed by atoms with Gasteiger partial charge in [-0.15, -0.1) is 0 Å². The first-order valence-electron chi connectivity index (χ1n) is 6.54. The van der Waals surface area contributed by atoms with Gasteiger partial charge in [-0.05, 0) is 37.9 Å². The molecule has 3 nitrogen and oxygen atoms in total. The molecule has 1 amide bonds. The van der Waals surface area contributed by atoms with Crippen LogP contribution in [-0.4, -0.2) is 19.0 Å². The number of benzene rings is 1. The fourth-order valence-electron chi connectivity index (χ4n) is 2.46. The van der Waals surface area contributed by atoms with E-state index in [0.717, 1.165) is 37.9 Å². The molecule has 1 aromatic rings. The first-order valence-corrected chi connectivity index (χ1v) is 6.54. The molecule has 0 spiro atoms. The monoisotopic (exact) mass is 268 g/mol. The quantitative estimate of drug-likeness (QED) is 0.885. The predicted octanol–water partition coefficient (Wildman–Crippen LogP) is 2.68. The Balaban J connectivity index is 2.12. The first-order chi connectivity index (χ1) is 9.07. The minimum absolute atomic E-state index is 0.131. The summed E-state index contributed by atoms with van der Waals surface area (Å²) in [6.07, 6.45) is 2.47. The van der Waals surface area contributed by atoms with Gasteiger partial charge in [-0.3, -0.25) is 4.79 Å². The van der Waals surface area contributed by atoms with Gasteiger partial charge in [0.25, 0.3) is 0 Å². The highest BCUT2D eigenvalue weighted by Gasteiger charge is 2.37. The van der Waals surface area contributed by atoms with Crippen molar-refractivity contribution in [3.63, 3.8) is 0 Å². The summed E-state index contributed by atoms with van der Waals surface area (Å²) in [7, 11) is 0. The second-order valence-electron chi connectivity index (χ2n) is 5.00. The third kappa shape index (κ3) is 2.92. The number of carbonyl (C=O) groups is 1. The number of carbonyl (C=O) groups excluding carboxylic acids is 1. The molecule has 1 atom stereocenters. The Morgan fingerprint density at radius 3 is 2.79 bits per heavy atom. The normalized spacial score (nSPS) is 23.1. The topological polar surface area (TPSA) is 41.1 Å². The van der Waals surface area contributed by atoms with Gasteiger partial charge < -0.3 is 10.6 Å². The predicted molar refractivity (Wildman–Crippen MR) is 69.8 cm³/mol. The molecular weight excluding hydrogens is 250 g/mol. The number of rotatable bonds is 3. The molecule has 2 N–H and O–H groups in total. The van der Waals surface area contributed by atoms with E-state index in [0.29, 0.717) is 12.2 Å². The number of nitrogens with one attached hydrogen (secondary N) is 2. The molecule has 1 aromatic carbocycles. The maximum atomic E-state index is 13.1. The average Bonchev–Trinajstić information content (AvgIpc) is 2.43. The van der Waals surface area contributed by atoms with Crippen LogP contribution in [-0.2, 0) is 4.79 Å². The lowest BCUT2D eigenvalue weighted by Gasteiger charge is -2.35. The van der Waals surface area contributed by atoms with E-state index in [1.807, 2.05) is 6.92 Å². The Morgan fingerprint density at radius 2 is 2.21 bits per heavy atom. The Labute approximate surface area is 111 Å². The molecule has 104 valence electrons. The van der Waals surface area contributed by atoms with Crippen LogP contribution in [0.4, 0.5) is 14.5 Å². The summed E-state index contributed by atoms with van der Waals surface area (Å²) in [5.41, 5.74) is -0.161. The van der Waals surface area contributed by atoms with Gasteiger partial charge in [0.2, 0.25) is 5.91 Å². The van der Waals surface area contributed by atoms with Crippen molar-refractivity contribution in [1.29, 1.82) is 0 Å². The summed E-state index contributed by atoms with van der Waals surface area (Å²) in [6.45, 7) is 3.51. The minimum Gasteiger partial charge on any atom is -0.325 e. The van der Waals surface area contributed by atoms with Gasteiger partial charge in [-0.2, -0.15) is 0 Å². The number of hydrogen-bond donors (Lipinski definition) is 2. The van der Waals surface area contributed by atoms with Crippen LogP contribution < -0.4 is 10.6 Å². The van der Waals surface area contributed by atoms with E-state index in [4.69, 9.17) is 0 Å². The van der Waals surface area contributed by atoms with Gasteiger partial charge >= 0.3 is 0 Å². The van der Waals surface area contributed by atoms with E-state index >= 15 is 0 Å². The van der Waals surface area contributed by atoms with Crippen LogP contribution in [0.5, 0.6) is 0 Å². The van der Waals surface area contributed by atoms with Crippen molar-refractivity contribution in [3.05, 3.63) is 29.8 Å². The van der Waals surface area contributed by atoms with Gasteiger partial charge in [0, 0.05) is 18.3 Å². The van der Waals surface area contributed by atoms with E-state index < -0.39 is 17.0 Å². The van der Waals surface area contributed by atoms with Gasteiger partial charge in [0.05, 0.1) is 5.41 Å². The number of amides is 1. The van der Waals surface area contributed by atoms with Crippen LogP contribution in [0.25, 0.3) is 0 Å². The van der Waals surface area contributed by atoms with Gasteiger partial charge in [-0.25, -0.2) is 8.78 Å². The highest BCUT2D eigenvalue weighted by atomic mass is 19.2. The van der Waals surface area contributed by atoms with Crippen LogP contribution in [0.1, 0.15) is 26.2 Å². The zero-order chi connectivity index (χ0) is 13.9. The number of halogens is 2. The number of anilines is 1. The van der Waals surface area contributed by atoms with E-state index in [2.05, 4.69) is 10.6 Å². The molecule has 0 aromatic heterocycles. The molecule has 1 fully saturated rings. The fourth-order valence-corrected chi connectivity index (χ4v) is 2.46. The molecule has 1 unspecified atom stereocenters. The third-order valence-electron chi connectivity index (χ3n) is 3.81. The largest absolute Gasteiger partial charge is 0.325 e. The molecule has 0 radical (unpaired) electrons. The molecule has 19 heavy (non-hydrogen) atoms. The first kappa shape index (κ1) is 13.9. The third-order valence-corrected chi connectivity index (χ3v) is 3.81. The Kier molecular flexibility index (Phi) is 4.14. The summed E-state index contributed by atoms with van der Waals surface area (Å²) in [5, 5.41) is 5.90. The molecule has 2 rings (SSSR count).